The summed E-state index contributed by atoms with van der Waals surface area (Å²) in [6.07, 6.45) is 0.0876. The number of hydrogen-bond donors (Lipinski definition) is 1. The molecule has 158 valence electrons. The van der Waals surface area contributed by atoms with E-state index in [1.54, 1.807) is 18.2 Å². The summed E-state index contributed by atoms with van der Waals surface area (Å²) in [5.41, 5.74) is 3.67. The Morgan fingerprint density at radius 1 is 1.13 bits per heavy atom. The number of nitrogens with one attached hydrogen (secondary N) is 1. The predicted molar refractivity (Wildman–Crippen MR) is 118 cm³/mol. The molecule has 2 heterocycles. The highest BCUT2D eigenvalue weighted by molar-refractivity contribution is 7.16. The van der Waals surface area contributed by atoms with Crippen molar-refractivity contribution in [2.24, 2.45) is 0 Å². The number of aryl methyl sites for hydroxylation is 1. The first kappa shape index (κ1) is 20.8. The normalized spacial score (nSPS) is 15.1. The van der Waals surface area contributed by atoms with Crippen molar-refractivity contribution in [3.63, 3.8) is 0 Å². The molecule has 1 N–H and O–H groups in total. The Labute approximate surface area is 183 Å². The minimum atomic E-state index is -0.490. The number of esters is 2. The molecule has 0 saturated carbocycles. The number of thiophene rings is 1. The molecule has 2 aromatic carbocycles. The zero-order valence-electron chi connectivity index (χ0n) is 17.4. The van der Waals surface area contributed by atoms with E-state index in [0.717, 1.165) is 21.6 Å². The van der Waals surface area contributed by atoms with Crippen LogP contribution >= 0.6 is 11.3 Å². The number of methoxy groups -OCH3 is 1. The number of anilines is 1. The molecule has 1 aromatic heterocycles. The smallest absolute Gasteiger partial charge is 0.341 e. The molecule has 0 fully saturated rings. The van der Waals surface area contributed by atoms with Crippen molar-refractivity contribution in [3.8, 4) is 0 Å². The summed E-state index contributed by atoms with van der Waals surface area (Å²) in [5, 5.41) is 3.28. The molecular weight excluding hydrogens is 414 g/mol. The van der Waals surface area contributed by atoms with Gasteiger partial charge in [0.15, 0.2) is 0 Å². The summed E-state index contributed by atoms with van der Waals surface area (Å²) in [6, 6.07) is 14.4. The van der Waals surface area contributed by atoms with E-state index in [2.05, 4.69) is 5.32 Å². The molecule has 31 heavy (non-hydrogen) atoms. The molecule has 1 amide bonds. The summed E-state index contributed by atoms with van der Waals surface area (Å²) in [5.74, 6) is -1.25. The molecule has 7 heteroatoms. The second-order valence-electron chi connectivity index (χ2n) is 7.31. The van der Waals surface area contributed by atoms with Gasteiger partial charge in [0.05, 0.1) is 18.2 Å². The Morgan fingerprint density at radius 3 is 2.58 bits per heavy atom. The SMILES string of the molecule is COC(=O)c1c(NC(=O)c2ccc3c(c2)C[C@H](c2ccccc2)OC3=O)sc(C)c1C. The van der Waals surface area contributed by atoms with Gasteiger partial charge >= 0.3 is 11.9 Å². The summed E-state index contributed by atoms with van der Waals surface area (Å²) in [7, 11) is 1.31. The Kier molecular flexibility index (Phi) is 5.61. The lowest BCUT2D eigenvalue weighted by molar-refractivity contribution is 0.0252. The van der Waals surface area contributed by atoms with Crippen molar-refractivity contribution in [1.82, 2.24) is 0 Å². The third-order valence-electron chi connectivity index (χ3n) is 5.42. The molecule has 4 rings (SSSR count). The van der Waals surface area contributed by atoms with Crippen LogP contribution in [0.1, 0.15) is 58.7 Å². The highest BCUT2D eigenvalue weighted by atomic mass is 32.1. The van der Waals surface area contributed by atoms with Gasteiger partial charge in [-0.05, 0) is 48.7 Å². The van der Waals surface area contributed by atoms with E-state index < -0.39 is 18.0 Å². The van der Waals surface area contributed by atoms with Crippen LogP contribution in [0.3, 0.4) is 0 Å². The molecule has 0 bridgehead atoms. The number of fused-ring (bicyclic) bond motifs is 1. The topological polar surface area (TPSA) is 81.7 Å². The van der Waals surface area contributed by atoms with Gasteiger partial charge in [0.2, 0.25) is 0 Å². The summed E-state index contributed by atoms with van der Waals surface area (Å²) in [6.45, 7) is 3.71. The van der Waals surface area contributed by atoms with Crippen LogP contribution in [-0.4, -0.2) is 25.0 Å². The van der Waals surface area contributed by atoms with Crippen molar-refractivity contribution in [2.45, 2.75) is 26.4 Å². The van der Waals surface area contributed by atoms with E-state index in [4.69, 9.17) is 9.47 Å². The molecule has 0 unspecified atom stereocenters. The first-order valence-electron chi connectivity index (χ1n) is 9.77. The van der Waals surface area contributed by atoms with Gasteiger partial charge in [-0.25, -0.2) is 9.59 Å². The van der Waals surface area contributed by atoms with Crippen LogP contribution in [-0.2, 0) is 15.9 Å². The standard InChI is InChI=1S/C24H21NO5S/c1-13-14(2)31-22(20(13)24(28)29-3)25-21(26)16-9-10-18-17(11-16)12-19(30-23(18)27)15-7-5-4-6-8-15/h4-11,19H,12H2,1-3H3,(H,25,26)/t19-/m1/s1. The number of ether oxygens (including phenoxy) is 2. The third kappa shape index (κ3) is 3.96. The van der Waals surface area contributed by atoms with Crippen molar-refractivity contribution < 1.29 is 23.9 Å². The molecule has 1 aliphatic rings. The van der Waals surface area contributed by atoms with Crippen LogP contribution in [0, 0.1) is 13.8 Å². The van der Waals surface area contributed by atoms with Gasteiger partial charge < -0.3 is 14.8 Å². The van der Waals surface area contributed by atoms with Crippen LogP contribution in [0.4, 0.5) is 5.00 Å². The number of carbonyl (C=O) groups is 3. The van der Waals surface area contributed by atoms with Gasteiger partial charge in [-0.3, -0.25) is 4.79 Å². The molecule has 0 aliphatic carbocycles. The fourth-order valence-electron chi connectivity index (χ4n) is 3.63. The molecule has 1 aliphatic heterocycles. The highest BCUT2D eigenvalue weighted by Crippen LogP contribution is 2.34. The number of cyclic esters (lactones) is 1. The Bertz CT molecular complexity index is 1180. The van der Waals surface area contributed by atoms with Crippen LogP contribution in [0.15, 0.2) is 48.5 Å². The zero-order chi connectivity index (χ0) is 22.1. The lowest BCUT2D eigenvalue weighted by Crippen LogP contribution is -2.23. The second kappa shape index (κ2) is 8.35. The van der Waals surface area contributed by atoms with E-state index in [1.807, 2.05) is 44.2 Å². The fraction of sp³-hybridized carbons (Fsp3) is 0.208. The number of benzene rings is 2. The summed E-state index contributed by atoms with van der Waals surface area (Å²) < 4.78 is 10.4. The lowest BCUT2D eigenvalue weighted by Gasteiger charge is -2.25. The summed E-state index contributed by atoms with van der Waals surface area (Å²) in [4.78, 5) is 38.5. The molecule has 0 saturated heterocycles. The van der Waals surface area contributed by atoms with E-state index in [1.165, 1.54) is 18.4 Å². The third-order valence-corrected chi connectivity index (χ3v) is 6.54. The van der Waals surface area contributed by atoms with Crippen molar-refractivity contribution in [2.75, 3.05) is 12.4 Å². The first-order valence-corrected chi connectivity index (χ1v) is 10.6. The molecule has 0 radical (unpaired) electrons. The quantitative estimate of drug-likeness (QED) is 0.592. The zero-order valence-corrected chi connectivity index (χ0v) is 18.2. The molecule has 0 spiro atoms. The maximum atomic E-state index is 12.9. The van der Waals surface area contributed by atoms with E-state index >= 15 is 0 Å². The van der Waals surface area contributed by atoms with Crippen molar-refractivity contribution >= 4 is 34.2 Å². The van der Waals surface area contributed by atoms with Crippen molar-refractivity contribution in [3.05, 3.63) is 86.8 Å². The fourth-order valence-corrected chi connectivity index (χ4v) is 4.67. The van der Waals surface area contributed by atoms with Crippen LogP contribution in [0.25, 0.3) is 0 Å². The monoisotopic (exact) mass is 435 g/mol. The average molecular weight is 436 g/mol. The van der Waals surface area contributed by atoms with Crippen LogP contribution < -0.4 is 5.32 Å². The van der Waals surface area contributed by atoms with Gasteiger partial charge in [0.25, 0.3) is 5.91 Å². The Morgan fingerprint density at radius 2 is 1.87 bits per heavy atom. The number of hydrogen-bond acceptors (Lipinski definition) is 6. The van der Waals surface area contributed by atoms with Gasteiger partial charge in [-0.2, -0.15) is 0 Å². The lowest BCUT2D eigenvalue weighted by atomic mass is 9.93. The number of rotatable bonds is 4. The van der Waals surface area contributed by atoms with E-state index in [-0.39, 0.29) is 5.91 Å². The highest BCUT2D eigenvalue weighted by Gasteiger charge is 2.28. The Hall–Kier alpha value is -3.45. The van der Waals surface area contributed by atoms with E-state index in [9.17, 15) is 14.4 Å². The minimum Gasteiger partial charge on any atom is -0.465 e. The molecule has 1 atom stereocenters. The molecule has 6 nitrogen and oxygen atoms in total. The molecule has 3 aromatic rings. The van der Waals surface area contributed by atoms with Crippen LogP contribution in [0.5, 0.6) is 0 Å². The van der Waals surface area contributed by atoms with Gasteiger partial charge in [0.1, 0.15) is 11.1 Å². The molecular formula is C24H21NO5S. The van der Waals surface area contributed by atoms with Crippen LogP contribution in [0.2, 0.25) is 0 Å². The van der Waals surface area contributed by atoms with Gasteiger partial charge in [-0.1, -0.05) is 30.3 Å². The largest absolute Gasteiger partial charge is 0.465 e. The predicted octanol–water partition coefficient (Wildman–Crippen LogP) is 4.86. The summed E-state index contributed by atoms with van der Waals surface area (Å²) >= 11 is 1.33. The number of carbonyl (C=O) groups excluding carboxylic acids is 3. The first-order chi connectivity index (χ1) is 14.9. The number of amides is 1. The maximum absolute atomic E-state index is 12.9. The van der Waals surface area contributed by atoms with Crippen molar-refractivity contribution in [1.29, 1.82) is 0 Å². The average Bonchev–Trinajstić information content (AvgIpc) is 3.06. The van der Waals surface area contributed by atoms with Gasteiger partial charge in [-0.15, -0.1) is 11.3 Å². The Balaban J connectivity index is 1.61. The minimum absolute atomic E-state index is 0.357. The van der Waals surface area contributed by atoms with Gasteiger partial charge in [0, 0.05) is 16.9 Å². The van der Waals surface area contributed by atoms with E-state index in [0.29, 0.717) is 28.1 Å². The maximum Gasteiger partial charge on any atom is 0.341 e. The second-order valence-corrected chi connectivity index (χ2v) is 8.54.